The number of benzene rings is 16. The predicted octanol–water partition coefficient (Wildman–Crippen LogP) is 22.3. The highest BCUT2D eigenvalue weighted by Crippen LogP contribution is 2.50. The maximum absolute atomic E-state index is 6.55. The molecule has 366 valence electrons. The molecule has 0 unspecified atom stereocenters. The molecule has 0 radical (unpaired) electrons. The normalized spacial score (nSPS) is 11.8. The van der Waals surface area contributed by atoms with Crippen LogP contribution in [0.4, 0.5) is 0 Å². The van der Waals surface area contributed by atoms with Gasteiger partial charge in [-0.2, -0.15) is 0 Å². The Morgan fingerprint density at radius 2 is 0.620 bits per heavy atom. The molecule has 17 rings (SSSR count). The van der Waals surface area contributed by atoms with E-state index < -0.39 is 0 Å². The third kappa shape index (κ3) is 7.10. The minimum absolute atomic E-state index is 0.921. The number of hydrogen-bond donors (Lipinski definition) is 0. The first-order valence-electron chi connectivity index (χ1n) is 27.3. The van der Waals surface area contributed by atoms with Crippen molar-refractivity contribution in [3.8, 4) is 44.5 Å². The van der Waals surface area contributed by atoms with Crippen LogP contribution >= 0.6 is 0 Å². The maximum Gasteiger partial charge on any atom is 0.143 e. The van der Waals surface area contributed by atoms with Gasteiger partial charge in [-0.05, 0) is 160 Å². The van der Waals surface area contributed by atoms with Gasteiger partial charge in [-0.3, -0.25) is 0 Å². The number of furan rings is 1. The molecule has 0 saturated heterocycles. The van der Waals surface area contributed by atoms with Crippen molar-refractivity contribution >= 4 is 119 Å². The van der Waals surface area contributed by atoms with E-state index >= 15 is 0 Å². The van der Waals surface area contributed by atoms with Crippen molar-refractivity contribution in [1.82, 2.24) is 0 Å². The molecule has 0 aliphatic carbocycles. The van der Waals surface area contributed by atoms with E-state index in [4.69, 9.17) is 4.42 Å². The highest BCUT2D eigenvalue weighted by Gasteiger charge is 2.22. The molecular formula is C78H48O. The summed E-state index contributed by atoms with van der Waals surface area (Å²) in [5.41, 5.74) is 12.0. The van der Waals surface area contributed by atoms with Crippen LogP contribution in [-0.2, 0) is 0 Å². The molecule has 16 aromatic carbocycles. The lowest BCUT2D eigenvalue weighted by atomic mass is 9.83. The van der Waals surface area contributed by atoms with Crippen LogP contribution in [0.25, 0.3) is 163 Å². The van der Waals surface area contributed by atoms with Crippen molar-refractivity contribution in [2.24, 2.45) is 0 Å². The van der Waals surface area contributed by atoms with Crippen LogP contribution in [0.1, 0.15) is 0 Å². The minimum atomic E-state index is 0.921. The molecule has 0 atom stereocenters. The van der Waals surface area contributed by atoms with Gasteiger partial charge in [0.2, 0.25) is 0 Å². The zero-order chi connectivity index (χ0) is 52.0. The molecule has 0 N–H and O–H groups in total. The van der Waals surface area contributed by atoms with Crippen LogP contribution < -0.4 is 0 Å². The van der Waals surface area contributed by atoms with Gasteiger partial charge < -0.3 is 4.42 Å². The SMILES string of the molecule is c1ccc(-c2c3ccccc3c(-c3cccc4oc5c6ccccc6ccc5c34)c3ccccc23)cc1.c1ccc2cc(-c3c4ccccc4c(-c4cc5ccc6ccccc6c5c5ccccc45)c4ccccc34)ccc2c1. The van der Waals surface area contributed by atoms with Gasteiger partial charge >= 0.3 is 0 Å². The van der Waals surface area contributed by atoms with Gasteiger partial charge in [0.1, 0.15) is 11.2 Å². The van der Waals surface area contributed by atoms with E-state index in [1.807, 2.05) is 0 Å². The molecule has 79 heavy (non-hydrogen) atoms. The van der Waals surface area contributed by atoms with Gasteiger partial charge in [-0.25, -0.2) is 0 Å². The summed E-state index contributed by atoms with van der Waals surface area (Å²) in [7, 11) is 0. The number of hydrogen-bond acceptors (Lipinski definition) is 1. The van der Waals surface area contributed by atoms with E-state index in [-0.39, 0.29) is 0 Å². The summed E-state index contributed by atoms with van der Waals surface area (Å²) in [5.74, 6) is 0. The Bertz CT molecular complexity index is 5200. The molecule has 0 bridgehead atoms. The van der Waals surface area contributed by atoms with Gasteiger partial charge in [0.25, 0.3) is 0 Å². The van der Waals surface area contributed by atoms with Crippen LogP contribution in [0.2, 0.25) is 0 Å². The van der Waals surface area contributed by atoms with Crippen molar-refractivity contribution < 1.29 is 4.42 Å². The quantitative estimate of drug-likeness (QED) is 0.126. The Morgan fingerprint density at radius 1 is 0.190 bits per heavy atom. The summed E-state index contributed by atoms with van der Waals surface area (Å²) in [6.07, 6.45) is 0. The van der Waals surface area contributed by atoms with Gasteiger partial charge in [0, 0.05) is 16.2 Å². The molecule has 17 aromatic rings. The molecule has 1 heteroatoms. The van der Waals surface area contributed by atoms with Crippen molar-refractivity contribution in [3.05, 3.63) is 291 Å². The van der Waals surface area contributed by atoms with E-state index in [0.29, 0.717) is 0 Å². The smallest absolute Gasteiger partial charge is 0.143 e. The highest BCUT2D eigenvalue weighted by atomic mass is 16.3. The van der Waals surface area contributed by atoms with E-state index in [0.717, 1.165) is 21.9 Å². The molecule has 1 nitrogen and oxygen atoms in total. The molecule has 0 fully saturated rings. The maximum atomic E-state index is 6.55. The van der Waals surface area contributed by atoms with Gasteiger partial charge in [0.15, 0.2) is 0 Å². The van der Waals surface area contributed by atoms with Crippen LogP contribution in [0.3, 0.4) is 0 Å². The van der Waals surface area contributed by atoms with E-state index in [1.165, 1.54) is 141 Å². The molecular weight excluding hydrogens is 953 g/mol. The van der Waals surface area contributed by atoms with E-state index in [9.17, 15) is 0 Å². The Morgan fingerprint density at radius 3 is 1.24 bits per heavy atom. The number of fused-ring (bicyclic) bond motifs is 15. The third-order valence-electron chi connectivity index (χ3n) is 16.6. The number of rotatable bonds is 4. The summed E-state index contributed by atoms with van der Waals surface area (Å²) < 4.78 is 6.55. The lowest BCUT2D eigenvalue weighted by Gasteiger charge is -2.20. The first-order chi connectivity index (χ1) is 39.2. The molecule has 1 aromatic heterocycles. The Kier molecular flexibility index (Phi) is 10.3. The van der Waals surface area contributed by atoms with Crippen molar-refractivity contribution in [2.45, 2.75) is 0 Å². The topological polar surface area (TPSA) is 13.1 Å². The molecule has 0 spiro atoms. The standard InChI is InChI=1S/C42H26.C36H22O/c1-2-13-29-25-30(23-21-27(29)11-1)41-35-17-7-9-19-37(35)42(38-20-10-8-18-36(38)41)39-26-31-24-22-28-12-3-4-14-32(28)40(31)34-16-6-5-15-33(34)39;1-2-12-24(13-3-1)33-26-15-6-8-17-28(26)34(29-18-9-7-16-27(29)33)30-19-10-20-32-35(30)31-22-21-23-11-4-5-14-25(23)36(31)37-32/h1-26H;1-22H. The summed E-state index contributed by atoms with van der Waals surface area (Å²) >= 11 is 0. The largest absolute Gasteiger partial charge is 0.455 e. The second-order valence-electron chi connectivity index (χ2n) is 20.9. The van der Waals surface area contributed by atoms with Gasteiger partial charge in [0.05, 0.1) is 0 Å². The first kappa shape index (κ1) is 44.9. The van der Waals surface area contributed by atoms with E-state index in [2.05, 4.69) is 291 Å². The van der Waals surface area contributed by atoms with Crippen LogP contribution in [0, 0.1) is 0 Å². The second kappa shape index (κ2) is 18.2. The fraction of sp³-hybridized carbons (Fsp3) is 0. The van der Waals surface area contributed by atoms with Crippen molar-refractivity contribution in [3.63, 3.8) is 0 Å². The van der Waals surface area contributed by atoms with Gasteiger partial charge in [-0.15, -0.1) is 0 Å². The summed E-state index contributed by atoms with van der Waals surface area (Å²) in [4.78, 5) is 0. The van der Waals surface area contributed by atoms with Crippen molar-refractivity contribution in [1.29, 1.82) is 0 Å². The van der Waals surface area contributed by atoms with Gasteiger partial charge in [-0.1, -0.05) is 267 Å². The molecule has 0 aliphatic rings. The molecule has 1 heterocycles. The predicted molar refractivity (Wildman–Crippen MR) is 339 cm³/mol. The summed E-state index contributed by atoms with van der Waals surface area (Å²) in [6.45, 7) is 0. The first-order valence-corrected chi connectivity index (χ1v) is 27.3. The summed E-state index contributed by atoms with van der Waals surface area (Å²) in [5, 5.41) is 25.1. The lowest BCUT2D eigenvalue weighted by molar-refractivity contribution is 0.673. The second-order valence-corrected chi connectivity index (χ2v) is 20.9. The highest BCUT2D eigenvalue weighted by molar-refractivity contribution is 6.30. The fourth-order valence-electron chi connectivity index (χ4n) is 13.3. The monoisotopic (exact) mass is 1000 g/mol. The lowest BCUT2D eigenvalue weighted by Crippen LogP contribution is -1.92. The Labute approximate surface area is 456 Å². The zero-order valence-electron chi connectivity index (χ0n) is 43.1. The van der Waals surface area contributed by atoms with Crippen LogP contribution in [0.15, 0.2) is 296 Å². The Balaban J connectivity index is 0.000000133. The molecule has 0 amide bonds. The zero-order valence-corrected chi connectivity index (χ0v) is 43.1. The average molecular weight is 1000 g/mol. The summed E-state index contributed by atoms with van der Waals surface area (Å²) in [6, 6.07) is 106. The average Bonchev–Trinajstić information content (AvgIpc) is 4.11. The minimum Gasteiger partial charge on any atom is -0.455 e. The van der Waals surface area contributed by atoms with Crippen molar-refractivity contribution in [2.75, 3.05) is 0 Å². The van der Waals surface area contributed by atoms with E-state index in [1.54, 1.807) is 0 Å². The molecule has 0 aliphatic heterocycles. The fourth-order valence-corrected chi connectivity index (χ4v) is 13.3. The Hall–Kier alpha value is -10.3. The van der Waals surface area contributed by atoms with Crippen LogP contribution in [0.5, 0.6) is 0 Å². The molecule has 0 saturated carbocycles. The third-order valence-corrected chi connectivity index (χ3v) is 16.6. The van der Waals surface area contributed by atoms with Crippen LogP contribution in [-0.4, -0.2) is 0 Å².